The maximum Gasteiger partial charge on any atom is 0.326 e. The molecule has 5 atom stereocenters. The number of ether oxygens (including phenoxy) is 1. The van der Waals surface area contributed by atoms with Crippen LogP contribution in [0.4, 0.5) is 0 Å². The van der Waals surface area contributed by atoms with Gasteiger partial charge in [0.1, 0.15) is 12.1 Å². The lowest BCUT2D eigenvalue weighted by Gasteiger charge is -2.23. The number of carboxylic acid groups (broad SMARTS) is 1. The quantitative estimate of drug-likeness (QED) is 0.553. The summed E-state index contributed by atoms with van der Waals surface area (Å²) in [4.78, 5) is 34.0. The second-order valence-electron chi connectivity index (χ2n) is 5.21. The topological polar surface area (TPSA) is 122 Å². The molecule has 106 valence electrons. The number of Topliss-reactive ketones (excluding diaryl/α,β-unsaturated/α-hetero) is 1. The van der Waals surface area contributed by atoms with Crippen molar-refractivity contribution in [1.82, 2.24) is 5.32 Å². The molecule has 0 aromatic heterocycles. The summed E-state index contributed by atoms with van der Waals surface area (Å²) in [5.74, 6) is -1.50. The number of aliphatic carboxylic acids is 1. The Balaban J connectivity index is 1.92. The van der Waals surface area contributed by atoms with Crippen molar-refractivity contribution in [2.24, 2.45) is 11.7 Å². The number of ketones is 1. The van der Waals surface area contributed by atoms with Crippen molar-refractivity contribution in [3.63, 3.8) is 0 Å². The number of rotatable bonds is 5. The van der Waals surface area contributed by atoms with E-state index in [2.05, 4.69) is 5.32 Å². The number of fused-ring (bicyclic) bond motifs is 1. The summed E-state index contributed by atoms with van der Waals surface area (Å²) in [6.07, 6.45) is 0.770. The van der Waals surface area contributed by atoms with Gasteiger partial charge >= 0.3 is 5.97 Å². The number of nitrogens with two attached hydrogens (primary N) is 1. The largest absolute Gasteiger partial charge is 0.480 e. The van der Waals surface area contributed by atoms with E-state index in [0.29, 0.717) is 12.8 Å². The summed E-state index contributed by atoms with van der Waals surface area (Å²) in [6, 6.07) is -1.73. The molecule has 19 heavy (non-hydrogen) atoms. The Labute approximate surface area is 110 Å². The van der Waals surface area contributed by atoms with Gasteiger partial charge in [-0.15, -0.1) is 0 Å². The molecular weight excluding hydrogens is 252 g/mol. The second kappa shape index (κ2) is 5.26. The molecule has 4 N–H and O–H groups in total. The fourth-order valence-electron chi connectivity index (χ4n) is 2.45. The van der Waals surface area contributed by atoms with Crippen LogP contribution in [0.1, 0.15) is 26.2 Å². The predicted octanol–water partition coefficient (Wildman–Crippen LogP) is -0.960. The van der Waals surface area contributed by atoms with Crippen molar-refractivity contribution in [3.05, 3.63) is 0 Å². The molecule has 1 saturated heterocycles. The molecule has 0 radical (unpaired) electrons. The molecule has 0 bridgehead atoms. The Kier molecular flexibility index (Phi) is 3.86. The summed E-state index contributed by atoms with van der Waals surface area (Å²) in [5.41, 5.74) is 5.40. The van der Waals surface area contributed by atoms with Gasteiger partial charge in [0.05, 0.1) is 12.1 Å². The highest BCUT2D eigenvalue weighted by atomic mass is 16.6. The Hall–Kier alpha value is -1.47. The lowest BCUT2D eigenvalue weighted by Crippen LogP contribution is -2.48. The Morgan fingerprint density at radius 1 is 1.58 bits per heavy atom. The number of nitrogens with one attached hydrogen (secondary N) is 1. The van der Waals surface area contributed by atoms with Crippen LogP contribution in [0.3, 0.4) is 0 Å². The minimum atomic E-state index is -1.09. The van der Waals surface area contributed by atoms with E-state index in [-0.39, 0.29) is 30.3 Å². The molecule has 7 heteroatoms. The van der Waals surface area contributed by atoms with E-state index in [1.807, 2.05) is 0 Å². The van der Waals surface area contributed by atoms with Gasteiger partial charge in [0, 0.05) is 6.42 Å². The number of epoxide rings is 1. The van der Waals surface area contributed by atoms with Crippen molar-refractivity contribution >= 4 is 17.7 Å². The first-order valence-electron chi connectivity index (χ1n) is 6.37. The van der Waals surface area contributed by atoms with Crippen LogP contribution in [-0.4, -0.2) is 47.1 Å². The highest BCUT2D eigenvalue weighted by Gasteiger charge is 2.53. The van der Waals surface area contributed by atoms with Gasteiger partial charge in [0.25, 0.3) is 0 Å². The van der Waals surface area contributed by atoms with Crippen LogP contribution >= 0.6 is 0 Å². The highest BCUT2D eigenvalue weighted by Crippen LogP contribution is 2.40. The molecule has 0 aromatic rings. The molecule has 1 aliphatic heterocycles. The van der Waals surface area contributed by atoms with Gasteiger partial charge < -0.3 is 20.9 Å². The van der Waals surface area contributed by atoms with E-state index in [9.17, 15) is 14.4 Å². The van der Waals surface area contributed by atoms with Gasteiger partial charge in [-0.3, -0.25) is 9.59 Å². The van der Waals surface area contributed by atoms with Crippen LogP contribution in [0.25, 0.3) is 0 Å². The Morgan fingerprint density at radius 3 is 2.84 bits per heavy atom. The maximum absolute atomic E-state index is 11.5. The van der Waals surface area contributed by atoms with E-state index in [4.69, 9.17) is 15.6 Å². The van der Waals surface area contributed by atoms with Crippen LogP contribution in [0, 0.1) is 5.92 Å². The molecule has 7 nitrogen and oxygen atoms in total. The maximum atomic E-state index is 11.5. The fraction of sp³-hybridized carbons (Fsp3) is 0.750. The van der Waals surface area contributed by atoms with Gasteiger partial charge in [0.2, 0.25) is 5.91 Å². The normalized spacial score (nSPS) is 32.1. The standard InChI is InChI=1S/C12H18N2O5/c1-5(13)11(16)14-7(12(17)18)4-6-2-3-8(15)10-9(6)19-10/h5-7,9-10H,2-4,13H2,1H3,(H,14,16)(H,17,18)/t5-,6-,7-,9-,10+/m0/s1. The number of carboxylic acids is 1. The zero-order valence-corrected chi connectivity index (χ0v) is 10.7. The molecule has 1 heterocycles. The Bertz CT molecular complexity index is 409. The van der Waals surface area contributed by atoms with Crippen LogP contribution in [0.5, 0.6) is 0 Å². The monoisotopic (exact) mass is 270 g/mol. The average molecular weight is 270 g/mol. The third-order valence-corrected chi connectivity index (χ3v) is 3.64. The molecule has 1 saturated carbocycles. The average Bonchev–Trinajstić information content (AvgIpc) is 3.11. The zero-order chi connectivity index (χ0) is 14.2. The zero-order valence-electron chi connectivity index (χ0n) is 10.7. The summed E-state index contributed by atoms with van der Waals surface area (Å²) in [7, 11) is 0. The molecule has 1 amide bonds. The molecular formula is C12H18N2O5. The molecule has 0 spiro atoms. The van der Waals surface area contributed by atoms with Crippen molar-refractivity contribution in [3.8, 4) is 0 Å². The fourth-order valence-corrected chi connectivity index (χ4v) is 2.45. The SMILES string of the molecule is C[C@H](N)C(=O)N[C@@H](C[C@@H]1CCC(=O)[C@H]2O[C@@H]12)C(=O)O. The van der Waals surface area contributed by atoms with Gasteiger partial charge in [-0.25, -0.2) is 4.79 Å². The Morgan fingerprint density at radius 2 is 2.26 bits per heavy atom. The van der Waals surface area contributed by atoms with E-state index in [0.717, 1.165) is 0 Å². The number of amides is 1. The van der Waals surface area contributed by atoms with Crippen molar-refractivity contribution in [2.75, 3.05) is 0 Å². The molecule has 2 rings (SSSR count). The minimum Gasteiger partial charge on any atom is -0.480 e. The molecule has 2 fully saturated rings. The van der Waals surface area contributed by atoms with Gasteiger partial charge in [-0.05, 0) is 25.7 Å². The van der Waals surface area contributed by atoms with Crippen LogP contribution in [-0.2, 0) is 19.1 Å². The predicted molar refractivity (Wildman–Crippen MR) is 64.2 cm³/mol. The lowest BCUT2D eigenvalue weighted by atomic mass is 9.84. The molecule has 1 aliphatic carbocycles. The summed E-state index contributed by atoms with van der Waals surface area (Å²) >= 11 is 0. The van der Waals surface area contributed by atoms with Crippen molar-refractivity contribution < 1.29 is 24.2 Å². The van der Waals surface area contributed by atoms with Crippen LogP contribution in [0.15, 0.2) is 0 Å². The molecule has 0 unspecified atom stereocenters. The first kappa shape index (κ1) is 14.0. The van der Waals surface area contributed by atoms with Crippen molar-refractivity contribution in [2.45, 2.75) is 50.5 Å². The second-order valence-corrected chi connectivity index (χ2v) is 5.21. The van der Waals surface area contributed by atoms with Crippen molar-refractivity contribution in [1.29, 1.82) is 0 Å². The lowest BCUT2D eigenvalue weighted by molar-refractivity contribution is -0.142. The van der Waals surface area contributed by atoms with Gasteiger partial charge in [-0.1, -0.05) is 0 Å². The van der Waals surface area contributed by atoms with Crippen LogP contribution in [0.2, 0.25) is 0 Å². The van der Waals surface area contributed by atoms with E-state index in [1.54, 1.807) is 0 Å². The number of hydrogen-bond donors (Lipinski definition) is 3. The summed E-state index contributed by atoms with van der Waals surface area (Å²) < 4.78 is 5.26. The first-order valence-corrected chi connectivity index (χ1v) is 6.37. The van der Waals surface area contributed by atoms with E-state index >= 15 is 0 Å². The van der Waals surface area contributed by atoms with Crippen LogP contribution < -0.4 is 11.1 Å². The number of hydrogen-bond acceptors (Lipinski definition) is 5. The first-order chi connectivity index (χ1) is 8.90. The number of carbonyl (C=O) groups is 3. The molecule has 2 aliphatic rings. The highest BCUT2D eigenvalue weighted by molar-refractivity contribution is 5.87. The van der Waals surface area contributed by atoms with Gasteiger partial charge in [0.15, 0.2) is 5.78 Å². The minimum absolute atomic E-state index is 0.00261. The smallest absolute Gasteiger partial charge is 0.326 e. The number of carbonyl (C=O) groups excluding carboxylic acids is 2. The van der Waals surface area contributed by atoms with E-state index in [1.165, 1.54) is 6.92 Å². The van der Waals surface area contributed by atoms with Gasteiger partial charge in [-0.2, -0.15) is 0 Å². The molecule has 0 aromatic carbocycles. The third kappa shape index (κ3) is 3.10. The summed E-state index contributed by atoms with van der Waals surface area (Å²) in [6.45, 7) is 1.49. The summed E-state index contributed by atoms with van der Waals surface area (Å²) in [5, 5.41) is 11.5. The third-order valence-electron chi connectivity index (χ3n) is 3.64. The van der Waals surface area contributed by atoms with E-state index < -0.39 is 24.0 Å².